The van der Waals surface area contributed by atoms with Crippen molar-refractivity contribution >= 4 is 5.97 Å². The highest BCUT2D eigenvalue weighted by molar-refractivity contribution is 5.85. The Bertz CT molecular complexity index is 424. The average Bonchev–Trinajstić information content (AvgIpc) is 2.82. The van der Waals surface area contributed by atoms with Crippen molar-refractivity contribution in [3.63, 3.8) is 0 Å². The first-order valence-corrected chi connectivity index (χ1v) is 5.86. The van der Waals surface area contributed by atoms with Gasteiger partial charge in [-0.1, -0.05) is 13.8 Å². The molecule has 1 aromatic heterocycles. The molecule has 0 radical (unpaired) electrons. The van der Waals surface area contributed by atoms with Crippen molar-refractivity contribution in [1.29, 1.82) is 0 Å². The van der Waals surface area contributed by atoms with Crippen LogP contribution in [0.25, 0.3) is 0 Å². The van der Waals surface area contributed by atoms with Crippen molar-refractivity contribution in [1.82, 2.24) is 4.98 Å². The number of carboxylic acids is 1. The number of hydrogen-bond donors (Lipinski definition) is 1. The van der Waals surface area contributed by atoms with E-state index in [0.717, 1.165) is 6.42 Å². The van der Waals surface area contributed by atoms with Gasteiger partial charge in [-0.05, 0) is 19.3 Å². The molecule has 5 heteroatoms. The van der Waals surface area contributed by atoms with Gasteiger partial charge in [-0.2, -0.15) is 0 Å². The van der Waals surface area contributed by atoms with Crippen molar-refractivity contribution in [2.24, 2.45) is 0 Å². The van der Waals surface area contributed by atoms with Crippen LogP contribution in [-0.2, 0) is 4.74 Å². The third-order valence-electron chi connectivity index (χ3n) is 3.10. The van der Waals surface area contributed by atoms with Gasteiger partial charge >= 0.3 is 5.97 Å². The molecule has 94 valence electrons. The Morgan fingerprint density at radius 2 is 2.24 bits per heavy atom. The number of carboxylic acid groups (broad SMARTS) is 1. The SMILES string of the molecule is CC(C)c1nc([C@@H]2CCO[C@H]2C)oc1C(=O)O. The maximum absolute atomic E-state index is 11.1. The molecule has 0 amide bonds. The van der Waals surface area contributed by atoms with Crippen LogP contribution in [0.1, 0.15) is 61.2 Å². The minimum absolute atomic E-state index is 0.0332. The van der Waals surface area contributed by atoms with E-state index in [0.29, 0.717) is 18.2 Å². The van der Waals surface area contributed by atoms with E-state index in [4.69, 9.17) is 14.3 Å². The van der Waals surface area contributed by atoms with Crippen LogP contribution < -0.4 is 0 Å². The third kappa shape index (κ3) is 2.20. The van der Waals surface area contributed by atoms with Gasteiger partial charge in [-0.25, -0.2) is 9.78 Å². The van der Waals surface area contributed by atoms with Gasteiger partial charge in [0, 0.05) is 6.61 Å². The Hall–Kier alpha value is -1.36. The summed E-state index contributed by atoms with van der Waals surface area (Å²) in [7, 11) is 0. The fourth-order valence-corrected chi connectivity index (χ4v) is 2.11. The fourth-order valence-electron chi connectivity index (χ4n) is 2.11. The lowest BCUT2D eigenvalue weighted by Crippen LogP contribution is -2.09. The van der Waals surface area contributed by atoms with Crippen LogP contribution in [0.15, 0.2) is 4.42 Å². The van der Waals surface area contributed by atoms with Crippen molar-refractivity contribution in [2.45, 2.75) is 45.1 Å². The predicted molar refractivity (Wildman–Crippen MR) is 60.3 cm³/mol. The first-order valence-electron chi connectivity index (χ1n) is 5.86. The Labute approximate surface area is 99.8 Å². The van der Waals surface area contributed by atoms with Gasteiger partial charge in [0.05, 0.1) is 17.7 Å². The van der Waals surface area contributed by atoms with Crippen LogP contribution in [0.5, 0.6) is 0 Å². The Morgan fingerprint density at radius 1 is 1.53 bits per heavy atom. The largest absolute Gasteiger partial charge is 0.475 e. The zero-order valence-corrected chi connectivity index (χ0v) is 10.3. The number of hydrogen-bond acceptors (Lipinski definition) is 4. The molecule has 17 heavy (non-hydrogen) atoms. The smallest absolute Gasteiger partial charge is 0.373 e. The molecule has 1 fully saturated rings. The second-order valence-electron chi connectivity index (χ2n) is 4.70. The monoisotopic (exact) mass is 239 g/mol. The topological polar surface area (TPSA) is 72.6 Å². The van der Waals surface area contributed by atoms with Crippen LogP contribution >= 0.6 is 0 Å². The summed E-state index contributed by atoms with van der Waals surface area (Å²) in [5, 5.41) is 9.07. The molecule has 0 unspecified atom stereocenters. The number of nitrogens with zero attached hydrogens (tertiary/aromatic N) is 1. The van der Waals surface area contributed by atoms with Crippen LogP contribution in [0.3, 0.4) is 0 Å². The van der Waals surface area contributed by atoms with Crippen molar-refractivity contribution in [3.05, 3.63) is 17.3 Å². The molecule has 1 aromatic rings. The van der Waals surface area contributed by atoms with Gasteiger partial charge in [0.1, 0.15) is 0 Å². The third-order valence-corrected chi connectivity index (χ3v) is 3.10. The van der Waals surface area contributed by atoms with Gasteiger partial charge in [0.2, 0.25) is 11.7 Å². The molecule has 0 bridgehead atoms. The summed E-state index contributed by atoms with van der Waals surface area (Å²) >= 11 is 0. The maximum Gasteiger partial charge on any atom is 0.373 e. The van der Waals surface area contributed by atoms with E-state index in [9.17, 15) is 4.79 Å². The summed E-state index contributed by atoms with van der Waals surface area (Å²) in [6.45, 7) is 6.44. The number of carbonyl (C=O) groups is 1. The lowest BCUT2D eigenvalue weighted by Gasteiger charge is -2.08. The molecule has 2 rings (SSSR count). The number of rotatable bonds is 3. The molecule has 0 aliphatic carbocycles. The molecule has 2 atom stereocenters. The number of aromatic carboxylic acids is 1. The number of oxazole rings is 1. The zero-order chi connectivity index (χ0) is 12.6. The molecule has 1 N–H and O–H groups in total. The van der Waals surface area contributed by atoms with Gasteiger partial charge in [-0.3, -0.25) is 0 Å². The van der Waals surface area contributed by atoms with Gasteiger partial charge in [-0.15, -0.1) is 0 Å². The molecule has 0 aromatic carbocycles. The Morgan fingerprint density at radius 3 is 2.65 bits per heavy atom. The van der Waals surface area contributed by atoms with Crippen molar-refractivity contribution < 1.29 is 19.1 Å². The second kappa shape index (κ2) is 4.49. The maximum atomic E-state index is 11.1. The summed E-state index contributed by atoms with van der Waals surface area (Å²) in [4.78, 5) is 15.4. The zero-order valence-electron chi connectivity index (χ0n) is 10.3. The minimum atomic E-state index is -1.06. The van der Waals surface area contributed by atoms with Crippen molar-refractivity contribution in [2.75, 3.05) is 6.61 Å². The first-order chi connectivity index (χ1) is 8.00. The minimum Gasteiger partial charge on any atom is -0.475 e. The summed E-state index contributed by atoms with van der Waals surface area (Å²) in [5.41, 5.74) is 0.520. The van der Waals surface area contributed by atoms with E-state index in [1.54, 1.807) is 0 Å². The number of ether oxygens (including phenoxy) is 1. The molecule has 1 aliphatic rings. The summed E-state index contributed by atoms with van der Waals surface area (Å²) in [6, 6.07) is 0. The predicted octanol–water partition coefficient (Wildman–Crippen LogP) is 2.39. The number of aromatic nitrogens is 1. The van der Waals surface area contributed by atoms with E-state index < -0.39 is 5.97 Å². The van der Waals surface area contributed by atoms with E-state index in [1.165, 1.54) is 0 Å². The van der Waals surface area contributed by atoms with E-state index in [2.05, 4.69) is 4.98 Å². The highest BCUT2D eigenvalue weighted by Crippen LogP contribution is 2.33. The van der Waals surface area contributed by atoms with E-state index in [-0.39, 0.29) is 23.7 Å². The second-order valence-corrected chi connectivity index (χ2v) is 4.70. The molecule has 2 heterocycles. The lowest BCUT2D eigenvalue weighted by molar-refractivity contribution is 0.0654. The van der Waals surface area contributed by atoms with Crippen LogP contribution in [-0.4, -0.2) is 28.8 Å². The molecule has 1 aliphatic heterocycles. The molecule has 0 spiro atoms. The lowest BCUT2D eigenvalue weighted by atomic mass is 10.0. The molecule has 5 nitrogen and oxygen atoms in total. The Kier molecular flexibility index (Phi) is 3.19. The first kappa shape index (κ1) is 12.1. The van der Waals surface area contributed by atoms with Crippen LogP contribution in [0.4, 0.5) is 0 Å². The average molecular weight is 239 g/mol. The quantitative estimate of drug-likeness (QED) is 0.876. The normalized spacial score (nSPS) is 24.5. The van der Waals surface area contributed by atoms with Crippen molar-refractivity contribution in [3.8, 4) is 0 Å². The van der Waals surface area contributed by atoms with Gasteiger partial charge in [0.25, 0.3) is 0 Å². The summed E-state index contributed by atoms with van der Waals surface area (Å²) in [5.74, 6) is -0.485. The van der Waals surface area contributed by atoms with Gasteiger partial charge in [0.15, 0.2) is 0 Å². The van der Waals surface area contributed by atoms with E-state index in [1.807, 2.05) is 20.8 Å². The highest BCUT2D eigenvalue weighted by Gasteiger charge is 2.32. The van der Waals surface area contributed by atoms with Gasteiger partial charge < -0.3 is 14.3 Å². The van der Waals surface area contributed by atoms with E-state index >= 15 is 0 Å². The Balaban J connectivity index is 2.36. The fraction of sp³-hybridized carbons (Fsp3) is 0.667. The standard InChI is InChI=1S/C12H17NO4/c1-6(2)9-10(12(14)15)17-11(13-9)8-4-5-16-7(8)3/h6-8H,4-5H2,1-3H3,(H,14,15)/t7-,8+/m0/s1. The van der Waals surface area contributed by atoms with Crippen LogP contribution in [0, 0.1) is 0 Å². The molecule has 1 saturated heterocycles. The van der Waals surface area contributed by atoms with Crippen LogP contribution in [0.2, 0.25) is 0 Å². The molecular weight excluding hydrogens is 222 g/mol. The molecular formula is C12H17NO4. The molecule has 0 saturated carbocycles. The highest BCUT2D eigenvalue weighted by atomic mass is 16.5. The summed E-state index contributed by atoms with van der Waals surface area (Å²) in [6.07, 6.45) is 0.869. The summed E-state index contributed by atoms with van der Waals surface area (Å²) < 4.78 is 10.8.